The largest absolute Gasteiger partial charge is 0.496 e. The Morgan fingerprint density at radius 2 is 1.95 bits per heavy atom. The van der Waals surface area contributed by atoms with E-state index in [0.29, 0.717) is 21.9 Å². The summed E-state index contributed by atoms with van der Waals surface area (Å²) < 4.78 is 10.8. The first-order chi connectivity index (χ1) is 9.69. The van der Waals surface area contributed by atoms with Crippen LogP contribution in [0.2, 0.25) is 5.02 Å². The number of ketones is 1. The Labute approximate surface area is 120 Å². The summed E-state index contributed by atoms with van der Waals surface area (Å²) in [7, 11) is 1.50. The maximum atomic E-state index is 12.5. The third-order valence-corrected chi connectivity index (χ3v) is 3.29. The lowest BCUT2D eigenvalue weighted by molar-refractivity contribution is 0.101. The van der Waals surface area contributed by atoms with Gasteiger partial charge in [0.1, 0.15) is 11.3 Å². The van der Waals surface area contributed by atoms with Crippen LogP contribution < -0.4 is 4.74 Å². The fourth-order valence-electron chi connectivity index (χ4n) is 2.08. The topological polar surface area (TPSA) is 39.4 Å². The van der Waals surface area contributed by atoms with Crippen LogP contribution >= 0.6 is 11.6 Å². The molecule has 1 heterocycles. The molecule has 0 saturated carbocycles. The first-order valence-electron chi connectivity index (χ1n) is 6.06. The molecular formula is C16H11ClO3. The zero-order valence-electron chi connectivity index (χ0n) is 10.7. The number of benzene rings is 2. The molecule has 3 rings (SSSR count). The van der Waals surface area contributed by atoms with Gasteiger partial charge in [0.2, 0.25) is 5.78 Å². The van der Waals surface area contributed by atoms with Crippen molar-refractivity contribution in [1.29, 1.82) is 0 Å². The van der Waals surface area contributed by atoms with Crippen molar-refractivity contribution in [3.63, 3.8) is 0 Å². The predicted molar refractivity (Wildman–Crippen MR) is 77.7 cm³/mol. The molecule has 0 radical (unpaired) electrons. The molecule has 4 heteroatoms. The van der Waals surface area contributed by atoms with Crippen molar-refractivity contribution in [2.24, 2.45) is 0 Å². The fourth-order valence-corrected chi connectivity index (χ4v) is 2.24. The number of methoxy groups -OCH3 is 1. The van der Waals surface area contributed by atoms with E-state index in [1.54, 1.807) is 24.3 Å². The van der Waals surface area contributed by atoms with E-state index in [1.807, 2.05) is 24.3 Å². The zero-order valence-corrected chi connectivity index (χ0v) is 11.5. The molecule has 20 heavy (non-hydrogen) atoms. The summed E-state index contributed by atoms with van der Waals surface area (Å²) >= 11 is 5.90. The van der Waals surface area contributed by atoms with Gasteiger partial charge in [0.05, 0.1) is 12.7 Å². The molecule has 0 bridgehead atoms. The Hall–Kier alpha value is -2.26. The molecule has 0 saturated heterocycles. The average Bonchev–Trinajstić information content (AvgIpc) is 2.90. The van der Waals surface area contributed by atoms with Crippen LogP contribution in [0, 0.1) is 0 Å². The summed E-state index contributed by atoms with van der Waals surface area (Å²) in [5.74, 6) is 0.490. The quantitative estimate of drug-likeness (QED) is 0.673. The van der Waals surface area contributed by atoms with Gasteiger partial charge in [-0.3, -0.25) is 4.79 Å². The Morgan fingerprint density at radius 1 is 1.15 bits per heavy atom. The van der Waals surface area contributed by atoms with Crippen LogP contribution in [-0.2, 0) is 0 Å². The molecule has 0 aliphatic heterocycles. The Kier molecular flexibility index (Phi) is 3.20. The van der Waals surface area contributed by atoms with E-state index in [4.69, 9.17) is 20.8 Å². The monoisotopic (exact) mass is 286 g/mol. The molecule has 0 amide bonds. The minimum Gasteiger partial charge on any atom is -0.496 e. The van der Waals surface area contributed by atoms with Crippen molar-refractivity contribution in [2.45, 2.75) is 0 Å². The van der Waals surface area contributed by atoms with Crippen LogP contribution in [-0.4, -0.2) is 12.9 Å². The number of halogens is 1. The van der Waals surface area contributed by atoms with Crippen molar-refractivity contribution in [3.8, 4) is 5.75 Å². The van der Waals surface area contributed by atoms with Crippen molar-refractivity contribution < 1.29 is 13.9 Å². The highest BCUT2D eigenvalue weighted by atomic mass is 35.5. The number of furan rings is 1. The zero-order chi connectivity index (χ0) is 14.1. The van der Waals surface area contributed by atoms with Gasteiger partial charge in [0.15, 0.2) is 5.76 Å². The number of hydrogen-bond acceptors (Lipinski definition) is 3. The molecule has 100 valence electrons. The number of para-hydroxylation sites is 1. The molecule has 0 aliphatic carbocycles. The van der Waals surface area contributed by atoms with Crippen LogP contribution in [0.15, 0.2) is 52.9 Å². The Bertz CT molecular complexity index is 756. The van der Waals surface area contributed by atoms with Gasteiger partial charge in [-0.15, -0.1) is 0 Å². The SMILES string of the molecule is COc1cc(Cl)ccc1C(=O)c1cc2ccccc2o1. The van der Waals surface area contributed by atoms with E-state index < -0.39 is 0 Å². The Balaban J connectivity index is 2.08. The second-order valence-electron chi connectivity index (χ2n) is 4.32. The van der Waals surface area contributed by atoms with E-state index in [-0.39, 0.29) is 11.5 Å². The molecule has 0 spiro atoms. The van der Waals surface area contributed by atoms with Gasteiger partial charge >= 0.3 is 0 Å². The number of carbonyl (C=O) groups excluding carboxylic acids is 1. The van der Waals surface area contributed by atoms with Gasteiger partial charge in [-0.2, -0.15) is 0 Å². The summed E-state index contributed by atoms with van der Waals surface area (Å²) in [5, 5.41) is 1.41. The number of carbonyl (C=O) groups is 1. The number of ether oxygens (including phenoxy) is 1. The van der Waals surface area contributed by atoms with Crippen molar-refractivity contribution >= 4 is 28.4 Å². The number of hydrogen-bond donors (Lipinski definition) is 0. The minimum absolute atomic E-state index is 0.227. The average molecular weight is 287 g/mol. The highest BCUT2D eigenvalue weighted by molar-refractivity contribution is 6.31. The lowest BCUT2D eigenvalue weighted by Crippen LogP contribution is -2.02. The van der Waals surface area contributed by atoms with Crippen molar-refractivity contribution in [3.05, 3.63) is 64.9 Å². The highest BCUT2D eigenvalue weighted by Gasteiger charge is 2.18. The summed E-state index contributed by atoms with van der Waals surface area (Å²) in [6.07, 6.45) is 0. The summed E-state index contributed by atoms with van der Waals surface area (Å²) in [4.78, 5) is 12.5. The third-order valence-electron chi connectivity index (χ3n) is 3.06. The van der Waals surface area contributed by atoms with Gasteiger partial charge in [-0.25, -0.2) is 0 Å². The second-order valence-corrected chi connectivity index (χ2v) is 4.76. The standard InChI is InChI=1S/C16H11ClO3/c1-19-14-9-11(17)6-7-12(14)16(18)15-8-10-4-2-3-5-13(10)20-15/h2-9H,1H3. The fraction of sp³-hybridized carbons (Fsp3) is 0.0625. The van der Waals surface area contributed by atoms with Crippen LogP contribution in [0.1, 0.15) is 16.1 Å². The molecular weight excluding hydrogens is 276 g/mol. The van der Waals surface area contributed by atoms with E-state index in [1.165, 1.54) is 7.11 Å². The molecule has 1 aromatic heterocycles. The van der Waals surface area contributed by atoms with Gasteiger partial charge in [0.25, 0.3) is 0 Å². The van der Waals surface area contributed by atoms with E-state index in [9.17, 15) is 4.79 Å². The lowest BCUT2D eigenvalue weighted by atomic mass is 10.1. The first kappa shape index (κ1) is 12.8. The van der Waals surface area contributed by atoms with Crippen LogP contribution in [0.4, 0.5) is 0 Å². The lowest BCUT2D eigenvalue weighted by Gasteiger charge is -2.06. The smallest absolute Gasteiger partial charge is 0.231 e. The van der Waals surface area contributed by atoms with Gasteiger partial charge in [-0.1, -0.05) is 29.8 Å². The van der Waals surface area contributed by atoms with E-state index in [0.717, 1.165) is 5.39 Å². The molecule has 0 aliphatic rings. The maximum absolute atomic E-state index is 12.5. The molecule has 0 fully saturated rings. The third kappa shape index (κ3) is 2.17. The van der Waals surface area contributed by atoms with Crippen LogP contribution in [0.25, 0.3) is 11.0 Å². The highest BCUT2D eigenvalue weighted by Crippen LogP contribution is 2.27. The molecule has 2 aromatic carbocycles. The summed E-state index contributed by atoms with van der Waals surface area (Å²) in [5.41, 5.74) is 1.11. The second kappa shape index (κ2) is 5.02. The van der Waals surface area contributed by atoms with Gasteiger partial charge in [-0.05, 0) is 30.3 Å². The minimum atomic E-state index is -0.227. The van der Waals surface area contributed by atoms with Gasteiger partial charge < -0.3 is 9.15 Å². The van der Waals surface area contributed by atoms with Crippen molar-refractivity contribution in [1.82, 2.24) is 0 Å². The maximum Gasteiger partial charge on any atom is 0.231 e. The first-order valence-corrected chi connectivity index (χ1v) is 6.43. The van der Waals surface area contributed by atoms with Crippen molar-refractivity contribution in [2.75, 3.05) is 7.11 Å². The Morgan fingerprint density at radius 3 is 2.70 bits per heavy atom. The predicted octanol–water partition coefficient (Wildman–Crippen LogP) is 4.33. The van der Waals surface area contributed by atoms with Crippen LogP contribution in [0.5, 0.6) is 5.75 Å². The normalized spacial score (nSPS) is 10.7. The summed E-state index contributed by atoms with van der Waals surface area (Å²) in [6, 6.07) is 14.1. The molecule has 3 aromatic rings. The van der Waals surface area contributed by atoms with E-state index >= 15 is 0 Å². The summed E-state index contributed by atoms with van der Waals surface area (Å²) in [6.45, 7) is 0. The molecule has 3 nitrogen and oxygen atoms in total. The molecule has 0 atom stereocenters. The van der Waals surface area contributed by atoms with Gasteiger partial charge in [0, 0.05) is 10.4 Å². The van der Waals surface area contributed by atoms with Crippen LogP contribution in [0.3, 0.4) is 0 Å². The number of fused-ring (bicyclic) bond motifs is 1. The molecule has 0 N–H and O–H groups in total. The van der Waals surface area contributed by atoms with E-state index in [2.05, 4.69) is 0 Å². The number of rotatable bonds is 3. The molecule has 0 unspecified atom stereocenters.